The minimum absolute atomic E-state index is 0.0491. The van der Waals surface area contributed by atoms with Gasteiger partial charge in [0.05, 0.1) is 19.0 Å². The Morgan fingerprint density at radius 2 is 1.95 bits per heavy atom. The van der Waals surface area contributed by atoms with Crippen LogP contribution in [0.1, 0.15) is 56.3 Å². The number of rotatable bonds is 10. The summed E-state index contributed by atoms with van der Waals surface area (Å²) in [4.78, 5) is 19.8. The zero-order valence-corrected chi connectivity index (χ0v) is 22.0. The van der Waals surface area contributed by atoms with Gasteiger partial charge in [0.15, 0.2) is 0 Å². The van der Waals surface area contributed by atoms with E-state index in [9.17, 15) is 13.6 Å². The van der Waals surface area contributed by atoms with Crippen molar-refractivity contribution in [3.05, 3.63) is 42.2 Å². The number of likely N-dealkylation sites (tertiary alicyclic amines) is 1. The van der Waals surface area contributed by atoms with Crippen LogP contribution in [-0.2, 0) is 0 Å². The van der Waals surface area contributed by atoms with Gasteiger partial charge in [-0.15, -0.1) is 0 Å². The molecule has 3 aromatic rings. The van der Waals surface area contributed by atoms with Crippen molar-refractivity contribution in [3.63, 3.8) is 0 Å². The van der Waals surface area contributed by atoms with Crippen molar-refractivity contribution >= 4 is 11.6 Å². The molecule has 2 aliphatic rings. The predicted molar refractivity (Wildman–Crippen MR) is 139 cm³/mol. The summed E-state index contributed by atoms with van der Waals surface area (Å²) in [5.41, 5.74) is 1.76. The molecule has 1 saturated heterocycles. The minimum atomic E-state index is -3.10. The van der Waals surface area contributed by atoms with Crippen LogP contribution in [0.5, 0.6) is 17.2 Å². The number of carbonyl (C=O) groups is 1. The fourth-order valence-corrected chi connectivity index (χ4v) is 5.14. The van der Waals surface area contributed by atoms with Crippen molar-refractivity contribution in [1.29, 1.82) is 0 Å². The molecule has 204 valence electrons. The maximum Gasteiger partial charge on any atom is 0.387 e. The van der Waals surface area contributed by atoms with Gasteiger partial charge in [-0.1, -0.05) is 6.42 Å². The van der Waals surface area contributed by atoms with Crippen LogP contribution in [0.3, 0.4) is 0 Å². The number of ether oxygens (including phenoxy) is 3. The molecule has 8 nitrogen and oxygen atoms in total. The molecule has 1 atom stereocenters. The summed E-state index contributed by atoms with van der Waals surface area (Å²) in [6.45, 7) is 3.04. The SMILES string of the molecule is COc1cc(-c2cnc3cc(OCC4CCCCN4C(C)C)ccn23)cc(OC(F)F)c1C(=O)NC1CC1. The van der Waals surface area contributed by atoms with Crippen LogP contribution in [0.25, 0.3) is 16.9 Å². The molecule has 0 bridgehead atoms. The summed E-state index contributed by atoms with van der Waals surface area (Å²) in [5, 5.41) is 2.81. The molecule has 1 saturated carbocycles. The first-order valence-electron chi connectivity index (χ1n) is 13.2. The zero-order chi connectivity index (χ0) is 26.8. The number of methoxy groups -OCH3 is 1. The van der Waals surface area contributed by atoms with Crippen molar-refractivity contribution < 1.29 is 27.8 Å². The molecule has 0 radical (unpaired) electrons. The first-order valence-corrected chi connectivity index (χ1v) is 13.2. The number of fused-ring (bicyclic) bond motifs is 1. The number of hydrogen-bond acceptors (Lipinski definition) is 6. The molecule has 1 amide bonds. The summed E-state index contributed by atoms with van der Waals surface area (Å²) >= 11 is 0. The number of halogens is 2. The van der Waals surface area contributed by atoms with Gasteiger partial charge in [0.2, 0.25) is 0 Å². The predicted octanol–water partition coefficient (Wildman–Crippen LogP) is 5.15. The van der Waals surface area contributed by atoms with Gasteiger partial charge in [-0.3, -0.25) is 14.1 Å². The van der Waals surface area contributed by atoms with E-state index in [1.807, 2.05) is 22.7 Å². The molecule has 2 fully saturated rings. The first kappa shape index (κ1) is 26.2. The number of amides is 1. The van der Waals surface area contributed by atoms with E-state index in [-0.39, 0.29) is 23.1 Å². The Kier molecular flexibility index (Phi) is 7.69. The van der Waals surface area contributed by atoms with E-state index in [4.69, 9.17) is 14.2 Å². The Balaban J connectivity index is 1.41. The molecule has 0 spiro atoms. The molecular weight excluding hydrogens is 494 g/mol. The number of carbonyl (C=O) groups excluding carboxylic acids is 1. The van der Waals surface area contributed by atoms with Crippen molar-refractivity contribution in [1.82, 2.24) is 19.6 Å². The quantitative estimate of drug-likeness (QED) is 0.393. The second-order valence-electron chi connectivity index (χ2n) is 10.2. The monoisotopic (exact) mass is 528 g/mol. The summed E-state index contributed by atoms with van der Waals surface area (Å²) < 4.78 is 44.8. The Bertz CT molecular complexity index is 1290. The van der Waals surface area contributed by atoms with Gasteiger partial charge in [0, 0.05) is 36.0 Å². The molecule has 38 heavy (non-hydrogen) atoms. The highest BCUT2D eigenvalue weighted by atomic mass is 19.3. The van der Waals surface area contributed by atoms with E-state index >= 15 is 0 Å². The average Bonchev–Trinajstić information content (AvgIpc) is 3.61. The number of alkyl halides is 2. The van der Waals surface area contributed by atoms with Gasteiger partial charge in [-0.25, -0.2) is 4.98 Å². The Labute approximate surface area is 220 Å². The van der Waals surface area contributed by atoms with E-state index in [0.717, 1.165) is 31.6 Å². The fourth-order valence-electron chi connectivity index (χ4n) is 5.14. The number of imidazole rings is 1. The molecule has 1 unspecified atom stereocenters. The lowest BCUT2D eigenvalue weighted by atomic mass is 10.0. The number of pyridine rings is 1. The van der Waals surface area contributed by atoms with Crippen LogP contribution in [0.15, 0.2) is 36.7 Å². The topological polar surface area (TPSA) is 77.3 Å². The second kappa shape index (κ2) is 11.1. The third kappa shape index (κ3) is 5.70. The lowest BCUT2D eigenvalue weighted by Gasteiger charge is -2.38. The minimum Gasteiger partial charge on any atom is -0.496 e. The van der Waals surface area contributed by atoms with Crippen molar-refractivity contribution in [2.75, 3.05) is 20.3 Å². The Morgan fingerprint density at radius 3 is 2.66 bits per heavy atom. The van der Waals surface area contributed by atoms with Crippen LogP contribution >= 0.6 is 0 Å². The standard InChI is InChI=1S/C28H34F2N4O4/c1-17(2)33-10-5-4-6-20(33)16-37-21-9-11-34-22(15-31-25(34)14-21)18-12-23(36-3)26(24(13-18)38-28(29)30)27(35)32-19-7-8-19/h9,11-15,17,19-20,28H,4-8,10,16H2,1-3H3,(H,32,35). The molecule has 1 N–H and O–H groups in total. The van der Waals surface area contributed by atoms with E-state index in [0.29, 0.717) is 35.6 Å². The Morgan fingerprint density at radius 1 is 1.16 bits per heavy atom. The fraction of sp³-hybridized carbons (Fsp3) is 0.500. The molecule has 1 aliphatic heterocycles. The largest absolute Gasteiger partial charge is 0.496 e. The number of aromatic nitrogens is 2. The zero-order valence-electron chi connectivity index (χ0n) is 22.0. The average molecular weight is 529 g/mol. The van der Waals surface area contributed by atoms with Crippen LogP contribution in [0, 0.1) is 0 Å². The molecule has 5 rings (SSSR count). The van der Waals surface area contributed by atoms with E-state index in [2.05, 4.69) is 29.0 Å². The van der Waals surface area contributed by atoms with Crippen molar-refractivity contribution in [3.8, 4) is 28.5 Å². The van der Waals surface area contributed by atoms with Crippen molar-refractivity contribution in [2.24, 2.45) is 0 Å². The first-order chi connectivity index (χ1) is 18.3. The third-order valence-electron chi connectivity index (χ3n) is 7.20. The van der Waals surface area contributed by atoms with E-state index in [1.165, 1.54) is 26.0 Å². The third-order valence-corrected chi connectivity index (χ3v) is 7.20. The summed E-state index contributed by atoms with van der Waals surface area (Å²) in [5.74, 6) is 0.119. The molecule has 1 aromatic carbocycles. The lowest BCUT2D eigenvalue weighted by Crippen LogP contribution is -2.46. The number of benzene rings is 1. The van der Waals surface area contributed by atoms with Crippen molar-refractivity contribution in [2.45, 2.75) is 70.7 Å². The smallest absolute Gasteiger partial charge is 0.387 e. The van der Waals surface area contributed by atoms with E-state index in [1.54, 1.807) is 12.3 Å². The highest BCUT2D eigenvalue weighted by Crippen LogP contribution is 2.37. The van der Waals surface area contributed by atoms with E-state index < -0.39 is 12.5 Å². The molecule has 1 aliphatic carbocycles. The maximum atomic E-state index is 13.3. The van der Waals surface area contributed by atoms with Gasteiger partial charge in [-0.05, 0) is 64.3 Å². The normalized spacial score (nSPS) is 18.2. The number of piperidine rings is 1. The van der Waals surface area contributed by atoms with Gasteiger partial charge >= 0.3 is 6.61 Å². The van der Waals surface area contributed by atoms with Crippen LogP contribution in [-0.4, -0.2) is 65.2 Å². The van der Waals surface area contributed by atoms with Gasteiger partial charge in [0.25, 0.3) is 5.91 Å². The molecule has 10 heteroatoms. The summed E-state index contributed by atoms with van der Waals surface area (Å²) in [6, 6.07) is 7.69. The highest BCUT2D eigenvalue weighted by Gasteiger charge is 2.29. The van der Waals surface area contributed by atoms with Gasteiger partial charge in [0.1, 0.15) is 35.1 Å². The summed E-state index contributed by atoms with van der Waals surface area (Å²) in [6.07, 6.45) is 8.75. The summed E-state index contributed by atoms with van der Waals surface area (Å²) in [7, 11) is 1.39. The highest BCUT2D eigenvalue weighted by molar-refractivity contribution is 6.01. The van der Waals surface area contributed by atoms with Gasteiger partial charge < -0.3 is 19.5 Å². The number of nitrogens with one attached hydrogen (secondary N) is 1. The Hall–Kier alpha value is -3.40. The van der Waals surface area contributed by atoms with Crippen LogP contribution < -0.4 is 19.5 Å². The number of nitrogens with zero attached hydrogens (tertiary/aromatic N) is 3. The van der Waals surface area contributed by atoms with Crippen LogP contribution in [0.2, 0.25) is 0 Å². The molecular formula is C28H34F2N4O4. The van der Waals surface area contributed by atoms with Crippen LogP contribution in [0.4, 0.5) is 8.78 Å². The second-order valence-corrected chi connectivity index (χ2v) is 10.2. The lowest BCUT2D eigenvalue weighted by molar-refractivity contribution is -0.0502. The number of hydrogen-bond donors (Lipinski definition) is 1. The van der Waals surface area contributed by atoms with Gasteiger partial charge in [-0.2, -0.15) is 8.78 Å². The molecule has 2 aromatic heterocycles. The molecule has 3 heterocycles. The maximum absolute atomic E-state index is 13.3.